The van der Waals surface area contributed by atoms with Gasteiger partial charge in [0.05, 0.1) is 23.1 Å². The molecule has 0 aliphatic carbocycles. The van der Waals surface area contributed by atoms with Crippen LogP contribution in [0, 0.1) is 5.82 Å². The molecule has 0 aliphatic heterocycles. The Labute approximate surface area is 199 Å². The molecule has 0 saturated heterocycles. The minimum Gasteiger partial charge on any atom is -0.276 e. The lowest BCUT2D eigenvalue weighted by molar-refractivity contribution is 0.567. The molecule has 0 amide bonds. The average molecular weight is 492 g/mol. The highest BCUT2D eigenvalue weighted by molar-refractivity contribution is 7.92. The molecule has 0 bridgehead atoms. The first-order valence-electron chi connectivity index (χ1n) is 10.0. The molecule has 3 heterocycles. The fourth-order valence-electron chi connectivity index (χ4n) is 3.41. The van der Waals surface area contributed by atoms with Crippen molar-refractivity contribution in [2.24, 2.45) is 0 Å². The molecular weight excluding hydrogens is 477 g/mol. The van der Waals surface area contributed by atoms with Gasteiger partial charge >= 0.3 is 0 Å². The topological polar surface area (TPSA) is 97.7 Å². The molecule has 10 heteroatoms. The van der Waals surface area contributed by atoms with Crippen LogP contribution in [0.3, 0.4) is 0 Å². The maximum absolute atomic E-state index is 14.0. The second-order valence-electron chi connectivity index (χ2n) is 7.34. The van der Waals surface area contributed by atoms with Crippen LogP contribution in [0.2, 0.25) is 5.15 Å². The Hall–Kier alpha value is -3.95. The molecule has 1 N–H and O–H groups in total. The van der Waals surface area contributed by atoms with Crippen LogP contribution in [0.4, 0.5) is 10.1 Å². The number of halogens is 2. The zero-order chi connectivity index (χ0) is 23.7. The third-order valence-corrected chi connectivity index (χ3v) is 6.76. The van der Waals surface area contributed by atoms with Crippen molar-refractivity contribution in [1.82, 2.24) is 20.2 Å². The predicted octanol–water partition coefficient (Wildman–Crippen LogP) is 5.35. The van der Waals surface area contributed by atoms with Crippen molar-refractivity contribution in [3.63, 3.8) is 0 Å². The Kier molecular flexibility index (Phi) is 5.64. The lowest BCUT2D eigenvalue weighted by Gasteiger charge is -2.11. The molecule has 168 valence electrons. The van der Waals surface area contributed by atoms with Crippen molar-refractivity contribution in [2.75, 3.05) is 4.72 Å². The minimum atomic E-state index is -4.27. The number of nitrogens with zero attached hydrogens (tertiary/aromatic N) is 4. The summed E-state index contributed by atoms with van der Waals surface area (Å²) in [5.74, 6) is -0.924. The van der Waals surface area contributed by atoms with Gasteiger partial charge in [0, 0.05) is 28.9 Å². The van der Waals surface area contributed by atoms with Crippen molar-refractivity contribution in [3.05, 3.63) is 96.3 Å². The molecule has 34 heavy (non-hydrogen) atoms. The van der Waals surface area contributed by atoms with Gasteiger partial charge in [0.2, 0.25) is 0 Å². The van der Waals surface area contributed by atoms with Gasteiger partial charge in [-0.1, -0.05) is 48.0 Å². The maximum atomic E-state index is 14.0. The van der Waals surface area contributed by atoms with Crippen LogP contribution >= 0.6 is 11.6 Å². The van der Waals surface area contributed by atoms with Gasteiger partial charge in [0.25, 0.3) is 10.0 Å². The molecule has 3 aromatic heterocycles. The lowest BCUT2D eigenvalue weighted by Crippen LogP contribution is -2.15. The number of sulfonamides is 1. The molecule has 7 nitrogen and oxygen atoms in total. The Balaban J connectivity index is 1.52. The van der Waals surface area contributed by atoms with E-state index < -0.39 is 20.7 Å². The fraction of sp³-hybridized carbons (Fsp3) is 0. The smallest absolute Gasteiger partial charge is 0.266 e. The number of pyridine rings is 2. The van der Waals surface area contributed by atoms with E-state index in [1.165, 1.54) is 12.3 Å². The first kappa shape index (κ1) is 21.9. The fourth-order valence-corrected chi connectivity index (χ4v) is 4.70. The number of anilines is 1. The summed E-state index contributed by atoms with van der Waals surface area (Å²) in [7, 11) is -4.27. The summed E-state index contributed by atoms with van der Waals surface area (Å²) < 4.78 is 41.7. The van der Waals surface area contributed by atoms with Gasteiger partial charge in [-0.15, -0.1) is 10.2 Å². The Morgan fingerprint density at radius 1 is 0.853 bits per heavy atom. The number of fused-ring (bicyclic) bond motifs is 1. The minimum absolute atomic E-state index is 0.0142. The van der Waals surface area contributed by atoms with E-state index in [1.54, 1.807) is 0 Å². The van der Waals surface area contributed by atoms with Crippen LogP contribution in [0.25, 0.3) is 33.3 Å². The summed E-state index contributed by atoms with van der Waals surface area (Å²) in [5.41, 5.74) is 3.75. The SMILES string of the molecule is O=S(=O)(Nc1cc(-c2ccc3nnc(-c4ccccc4)cc3c2)cnc1Cl)c1cnccc1F. The van der Waals surface area contributed by atoms with Crippen LogP contribution in [-0.4, -0.2) is 28.6 Å². The zero-order valence-corrected chi connectivity index (χ0v) is 18.9. The molecule has 0 fully saturated rings. The van der Waals surface area contributed by atoms with E-state index in [4.69, 9.17) is 11.6 Å². The average Bonchev–Trinajstić information content (AvgIpc) is 2.85. The number of benzene rings is 2. The van der Waals surface area contributed by atoms with Crippen LogP contribution in [0.15, 0.2) is 90.2 Å². The number of rotatable bonds is 5. The quantitative estimate of drug-likeness (QED) is 0.333. The standard InChI is InChI=1S/C24H15ClFN5O2S/c25-24-22(31-34(32,33)23-14-27-9-8-19(23)26)12-18(13-28-24)16-6-7-20-17(10-16)11-21(30-29-20)15-4-2-1-3-5-15/h1-14,31H. The monoisotopic (exact) mass is 491 g/mol. The summed E-state index contributed by atoms with van der Waals surface area (Å²) in [6.07, 6.45) is 3.62. The molecule has 0 spiro atoms. The molecule has 0 unspecified atom stereocenters. The van der Waals surface area contributed by atoms with Crippen molar-refractivity contribution in [2.45, 2.75) is 4.90 Å². The van der Waals surface area contributed by atoms with Gasteiger partial charge < -0.3 is 0 Å². The number of nitrogens with one attached hydrogen (secondary N) is 1. The third kappa shape index (κ3) is 4.30. The summed E-state index contributed by atoms with van der Waals surface area (Å²) in [5, 5.41) is 9.36. The lowest BCUT2D eigenvalue weighted by atomic mass is 10.0. The highest BCUT2D eigenvalue weighted by Gasteiger charge is 2.21. The van der Waals surface area contributed by atoms with E-state index >= 15 is 0 Å². The normalized spacial score (nSPS) is 11.5. The third-order valence-electron chi connectivity index (χ3n) is 5.10. The number of aromatic nitrogens is 4. The molecule has 0 aliphatic rings. The van der Waals surface area contributed by atoms with Crippen LogP contribution < -0.4 is 4.72 Å². The van der Waals surface area contributed by atoms with E-state index in [1.807, 2.05) is 54.6 Å². The molecule has 2 aromatic carbocycles. The number of hydrogen-bond donors (Lipinski definition) is 1. The van der Waals surface area contributed by atoms with Gasteiger partial charge in [-0.05, 0) is 35.9 Å². The summed E-state index contributed by atoms with van der Waals surface area (Å²) in [6.45, 7) is 0. The van der Waals surface area contributed by atoms with Gasteiger partial charge in [-0.2, -0.15) is 0 Å². The van der Waals surface area contributed by atoms with Crippen molar-refractivity contribution < 1.29 is 12.8 Å². The largest absolute Gasteiger partial charge is 0.276 e. The van der Waals surface area contributed by atoms with E-state index in [0.717, 1.165) is 40.7 Å². The molecule has 0 atom stereocenters. The summed E-state index contributed by atoms with van der Waals surface area (Å²) in [6, 6.07) is 19.7. The van der Waals surface area contributed by atoms with Gasteiger partial charge in [-0.3, -0.25) is 9.71 Å². The Morgan fingerprint density at radius 2 is 1.68 bits per heavy atom. The highest BCUT2D eigenvalue weighted by Crippen LogP contribution is 2.31. The highest BCUT2D eigenvalue weighted by atomic mass is 35.5. The van der Waals surface area contributed by atoms with E-state index in [-0.39, 0.29) is 10.8 Å². The van der Waals surface area contributed by atoms with E-state index in [2.05, 4.69) is 24.9 Å². The van der Waals surface area contributed by atoms with Crippen molar-refractivity contribution >= 4 is 38.2 Å². The molecule has 5 rings (SSSR count). The predicted molar refractivity (Wildman–Crippen MR) is 128 cm³/mol. The second kappa shape index (κ2) is 8.77. The molecule has 0 radical (unpaired) electrons. The zero-order valence-electron chi connectivity index (χ0n) is 17.4. The van der Waals surface area contributed by atoms with E-state index in [9.17, 15) is 12.8 Å². The van der Waals surface area contributed by atoms with Crippen LogP contribution in [0.1, 0.15) is 0 Å². The summed E-state index contributed by atoms with van der Waals surface area (Å²) in [4.78, 5) is 7.19. The van der Waals surface area contributed by atoms with Crippen molar-refractivity contribution in [1.29, 1.82) is 0 Å². The second-order valence-corrected chi connectivity index (χ2v) is 9.35. The first-order chi connectivity index (χ1) is 16.4. The maximum Gasteiger partial charge on any atom is 0.266 e. The van der Waals surface area contributed by atoms with Crippen LogP contribution in [0.5, 0.6) is 0 Å². The van der Waals surface area contributed by atoms with Gasteiger partial charge in [0.15, 0.2) is 5.15 Å². The molecule has 5 aromatic rings. The Bertz CT molecular complexity index is 1630. The summed E-state index contributed by atoms with van der Waals surface area (Å²) >= 11 is 6.13. The van der Waals surface area contributed by atoms with E-state index in [0.29, 0.717) is 11.1 Å². The Morgan fingerprint density at radius 3 is 2.47 bits per heavy atom. The van der Waals surface area contributed by atoms with Gasteiger partial charge in [0.1, 0.15) is 10.7 Å². The first-order valence-corrected chi connectivity index (χ1v) is 11.9. The number of hydrogen-bond acceptors (Lipinski definition) is 6. The van der Waals surface area contributed by atoms with Crippen LogP contribution in [-0.2, 0) is 10.0 Å². The molecule has 0 saturated carbocycles. The van der Waals surface area contributed by atoms with Crippen molar-refractivity contribution in [3.8, 4) is 22.4 Å². The molecular formula is C24H15ClFN5O2S. The van der Waals surface area contributed by atoms with Gasteiger partial charge in [-0.25, -0.2) is 17.8 Å².